The Bertz CT molecular complexity index is 1110. The number of rotatable bonds is 7. The van der Waals surface area contributed by atoms with Crippen molar-refractivity contribution in [2.24, 2.45) is 0 Å². The lowest BCUT2D eigenvalue weighted by Gasteiger charge is -2.09. The number of aryl methyl sites for hydroxylation is 1. The van der Waals surface area contributed by atoms with Gasteiger partial charge in [-0.2, -0.15) is 0 Å². The zero-order chi connectivity index (χ0) is 21.8. The zero-order valence-electron chi connectivity index (χ0n) is 17.3. The predicted octanol–water partition coefficient (Wildman–Crippen LogP) is 4.57. The molecule has 0 saturated carbocycles. The quantitative estimate of drug-likeness (QED) is 0.310. The molecule has 1 heterocycles. The molecule has 156 valence electrons. The van der Waals surface area contributed by atoms with Crippen molar-refractivity contribution in [1.29, 1.82) is 0 Å². The van der Waals surface area contributed by atoms with E-state index >= 15 is 0 Å². The summed E-state index contributed by atoms with van der Waals surface area (Å²) in [5.74, 6) is 1.05. The van der Waals surface area contributed by atoms with Crippen LogP contribution >= 0.6 is 11.3 Å². The van der Waals surface area contributed by atoms with Crippen molar-refractivity contribution < 1.29 is 28.5 Å². The molecule has 0 fully saturated rings. The van der Waals surface area contributed by atoms with Crippen LogP contribution in [-0.2, 0) is 0 Å². The van der Waals surface area contributed by atoms with Crippen molar-refractivity contribution in [1.82, 2.24) is 4.98 Å². The van der Waals surface area contributed by atoms with Crippen LogP contribution in [0.1, 0.15) is 32.6 Å². The van der Waals surface area contributed by atoms with Crippen molar-refractivity contribution in [2.45, 2.75) is 13.8 Å². The SMILES string of the molecule is COc1ccc(-c2nc(C)c(C(=O)Oc3ccc(C(C)=O)cc3OC)s2)cc1OC. The molecule has 0 radical (unpaired) electrons. The number of thiazole rings is 1. The highest BCUT2D eigenvalue weighted by molar-refractivity contribution is 7.17. The zero-order valence-corrected chi connectivity index (χ0v) is 18.1. The highest BCUT2D eigenvalue weighted by Crippen LogP contribution is 2.36. The summed E-state index contributed by atoms with van der Waals surface area (Å²) in [5, 5.41) is 0.652. The largest absolute Gasteiger partial charge is 0.493 e. The number of aromatic nitrogens is 1. The Morgan fingerprint density at radius 2 is 1.50 bits per heavy atom. The maximum atomic E-state index is 12.8. The van der Waals surface area contributed by atoms with Crippen LogP contribution in [0.4, 0.5) is 0 Å². The van der Waals surface area contributed by atoms with Gasteiger partial charge in [0.15, 0.2) is 28.8 Å². The first-order chi connectivity index (χ1) is 14.4. The molecule has 0 amide bonds. The van der Waals surface area contributed by atoms with Gasteiger partial charge in [0.2, 0.25) is 0 Å². The number of hydrogen-bond donors (Lipinski definition) is 0. The average molecular weight is 427 g/mol. The van der Waals surface area contributed by atoms with Crippen molar-refractivity contribution in [3.05, 3.63) is 52.5 Å². The minimum absolute atomic E-state index is 0.107. The number of benzene rings is 2. The third kappa shape index (κ3) is 4.28. The lowest BCUT2D eigenvalue weighted by molar-refractivity contribution is 0.0734. The van der Waals surface area contributed by atoms with Crippen LogP contribution in [0.5, 0.6) is 23.0 Å². The molecule has 3 aromatic rings. The third-order valence-corrected chi connectivity index (χ3v) is 5.57. The van der Waals surface area contributed by atoms with E-state index in [-0.39, 0.29) is 11.5 Å². The van der Waals surface area contributed by atoms with E-state index in [1.54, 1.807) is 51.5 Å². The Balaban J connectivity index is 1.89. The van der Waals surface area contributed by atoms with Crippen LogP contribution in [0.2, 0.25) is 0 Å². The van der Waals surface area contributed by atoms with E-state index in [1.165, 1.54) is 25.4 Å². The minimum Gasteiger partial charge on any atom is -0.493 e. The van der Waals surface area contributed by atoms with Crippen LogP contribution in [-0.4, -0.2) is 38.1 Å². The van der Waals surface area contributed by atoms with Gasteiger partial charge >= 0.3 is 5.97 Å². The highest BCUT2D eigenvalue weighted by Gasteiger charge is 2.21. The topological polar surface area (TPSA) is 84.0 Å². The fourth-order valence-corrected chi connectivity index (χ4v) is 3.73. The number of methoxy groups -OCH3 is 3. The van der Waals surface area contributed by atoms with Gasteiger partial charge in [-0.05, 0) is 50.2 Å². The molecule has 0 aliphatic heterocycles. The Kier molecular flexibility index (Phi) is 6.37. The second-order valence-electron chi connectivity index (χ2n) is 6.31. The van der Waals surface area contributed by atoms with Crippen LogP contribution < -0.4 is 18.9 Å². The molecule has 0 aliphatic rings. The van der Waals surface area contributed by atoms with Gasteiger partial charge in [-0.3, -0.25) is 4.79 Å². The average Bonchev–Trinajstić information content (AvgIpc) is 3.15. The summed E-state index contributed by atoms with van der Waals surface area (Å²) in [4.78, 5) is 29.2. The number of carbonyl (C=O) groups is 2. The lowest BCUT2D eigenvalue weighted by Crippen LogP contribution is -2.09. The van der Waals surface area contributed by atoms with Gasteiger partial charge in [0.05, 0.1) is 27.0 Å². The number of esters is 1. The summed E-state index contributed by atoms with van der Waals surface area (Å²) < 4.78 is 21.4. The molecule has 30 heavy (non-hydrogen) atoms. The number of Topliss-reactive ketones (excluding diaryl/α,β-unsaturated/α-hetero) is 1. The second-order valence-corrected chi connectivity index (χ2v) is 7.31. The predicted molar refractivity (Wildman–Crippen MR) is 113 cm³/mol. The van der Waals surface area contributed by atoms with Gasteiger partial charge in [-0.1, -0.05) is 0 Å². The molecular formula is C22H21NO6S. The first-order valence-corrected chi connectivity index (χ1v) is 9.80. The Morgan fingerprint density at radius 3 is 2.13 bits per heavy atom. The van der Waals surface area contributed by atoms with E-state index in [2.05, 4.69) is 4.98 Å². The van der Waals surface area contributed by atoms with E-state index in [1.807, 2.05) is 6.07 Å². The minimum atomic E-state index is -0.550. The normalized spacial score (nSPS) is 10.4. The van der Waals surface area contributed by atoms with Gasteiger partial charge in [-0.25, -0.2) is 9.78 Å². The summed E-state index contributed by atoms with van der Waals surface area (Å²) in [6, 6.07) is 10.1. The molecule has 0 spiro atoms. The molecule has 0 N–H and O–H groups in total. The summed E-state index contributed by atoms with van der Waals surface area (Å²) in [5.41, 5.74) is 1.81. The molecule has 8 heteroatoms. The monoisotopic (exact) mass is 427 g/mol. The van der Waals surface area contributed by atoms with Crippen LogP contribution in [0, 0.1) is 6.92 Å². The smallest absolute Gasteiger partial charge is 0.355 e. The van der Waals surface area contributed by atoms with Gasteiger partial charge in [0.25, 0.3) is 0 Å². The summed E-state index contributed by atoms with van der Waals surface area (Å²) in [6.07, 6.45) is 0. The van der Waals surface area contributed by atoms with Gasteiger partial charge in [0, 0.05) is 11.1 Å². The Labute approximate surface area is 178 Å². The number of ketones is 1. The van der Waals surface area contributed by atoms with Crippen molar-refractivity contribution in [3.63, 3.8) is 0 Å². The van der Waals surface area contributed by atoms with Crippen LogP contribution in [0.15, 0.2) is 36.4 Å². The second kappa shape index (κ2) is 8.96. The molecule has 7 nitrogen and oxygen atoms in total. The fraction of sp³-hybridized carbons (Fsp3) is 0.227. The van der Waals surface area contributed by atoms with E-state index in [4.69, 9.17) is 18.9 Å². The first-order valence-electron chi connectivity index (χ1n) is 8.99. The number of nitrogens with zero attached hydrogens (tertiary/aromatic N) is 1. The van der Waals surface area contributed by atoms with Crippen LogP contribution in [0.3, 0.4) is 0 Å². The lowest BCUT2D eigenvalue weighted by atomic mass is 10.1. The maximum Gasteiger partial charge on any atom is 0.355 e. The molecule has 1 aromatic heterocycles. The van der Waals surface area contributed by atoms with Crippen molar-refractivity contribution in [3.8, 4) is 33.6 Å². The first kappa shape index (κ1) is 21.3. The van der Waals surface area contributed by atoms with Crippen LogP contribution in [0.25, 0.3) is 10.6 Å². The van der Waals surface area contributed by atoms with Crippen molar-refractivity contribution in [2.75, 3.05) is 21.3 Å². The third-order valence-electron chi connectivity index (χ3n) is 4.39. The van der Waals surface area contributed by atoms with Gasteiger partial charge in [-0.15, -0.1) is 11.3 Å². The summed E-state index contributed by atoms with van der Waals surface area (Å²) in [7, 11) is 4.57. The molecule has 0 saturated heterocycles. The molecule has 0 aliphatic carbocycles. The molecular weight excluding hydrogens is 406 g/mol. The molecule has 2 aromatic carbocycles. The van der Waals surface area contributed by atoms with E-state index < -0.39 is 5.97 Å². The van der Waals surface area contributed by atoms with E-state index in [9.17, 15) is 9.59 Å². The number of carbonyl (C=O) groups excluding carboxylic acids is 2. The maximum absolute atomic E-state index is 12.8. The number of hydrogen-bond acceptors (Lipinski definition) is 8. The molecule has 0 unspecified atom stereocenters. The Hall–Kier alpha value is -3.39. The molecule has 0 atom stereocenters. The Morgan fingerprint density at radius 1 is 0.867 bits per heavy atom. The highest BCUT2D eigenvalue weighted by atomic mass is 32.1. The molecule has 0 bridgehead atoms. The molecule has 3 rings (SSSR count). The summed E-state index contributed by atoms with van der Waals surface area (Å²) in [6.45, 7) is 3.20. The number of ether oxygens (including phenoxy) is 4. The van der Waals surface area contributed by atoms with Gasteiger partial charge in [0.1, 0.15) is 9.88 Å². The standard InChI is InChI=1S/C22H21NO6S/c1-12-20(22(25)29-17-9-6-14(13(2)24)10-19(17)28-5)30-21(23-12)15-7-8-16(26-3)18(11-15)27-4/h6-11H,1-5H3. The van der Waals surface area contributed by atoms with Gasteiger partial charge < -0.3 is 18.9 Å². The summed E-state index contributed by atoms with van der Waals surface area (Å²) >= 11 is 1.22. The van der Waals surface area contributed by atoms with E-state index in [0.717, 1.165) is 5.56 Å². The fourth-order valence-electron chi connectivity index (χ4n) is 2.80. The van der Waals surface area contributed by atoms with E-state index in [0.29, 0.717) is 38.4 Å². The van der Waals surface area contributed by atoms with Crippen molar-refractivity contribution >= 4 is 23.1 Å².